The standard InChI is InChI=1S/C29H33N5O2/c1-20-7-6-8-21(2)27(20)29(36)34-18-23-16-33(17-24(23)19-34)14-11-25(22-9-4-3-5-10-22)32-28(35)26-15-30-12-13-31-26/h3-10,12-13,15,23-25H,11,14,16-19H2,1-2H3,(H,32,35)/t23?,24?,25-/m0/s1. The highest BCUT2D eigenvalue weighted by atomic mass is 16.2. The molecule has 2 fully saturated rings. The van der Waals surface area contributed by atoms with E-state index in [0.29, 0.717) is 17.5 Å². The van der Waals surface area contributed by atoms with Crippen LogP contribution in [0, 0.1) is 25.7 Å². The fourth-order valence-electron chi connectivity index (χ4n) is 5.72. The maximum Gasteiger partial charge on any atom is 0.271 e. The molecule has 2 aromatic carbocycles. The largest absolute Gasteiger partial charge is 0.344 e. The smallest absolute Gasteiger partial charge is 0.271 e. The summed E-state index contributed by atoms with van der Waals surface area (Å²) in [5.41, 5.74) is 4.37. The van der Waals surface area contributed by atoms with Crippen LogP contribution >= 0.6 is 0 Å². The van der Waals surface area contributed by atoms with Crippen molar-refractivity contribution >= 4 is 11.8 Å². The molecule has 2 aliphatic rings. The normalized spacial score (nSPS) is 20.2. The lowest BCUT2D eigenvalue weighted by molar-refractivity contribution is 0.0772. The van der Waals surface area contributed by atoms with E-state index in [9.17, 15) is 9.59 Å². The van der Waals surface area contributed by atoms with Gasteiger partial charge in [-0.15, -0.1) is 0 Å². The molecule has 2 aliphatic heterocycles. The average Bonchev–Trinajstić information content (AvgIpc) is 3.46. The molecule has 186 valence electrons. The Labute approximate surface area is 212 Å². The number of nitrogens with zero attached hydrogens (tertiary/aromatic N) is 4. The van der Waals surface area contributed by atoms with E-state index >= 15 is 0 Å². The van der Waals surface area contributed by atoms with Crippen molar-refractivity contribution in [3.8, 4) is 0 Å². The number of carbonyl (C=O) groups excluding carboxylic acids is 2. The van der Waals surface area contributed by atoms with Gasteiger partial charge >= 0.3 is 0 Å². The number of benzene rings is 2. The van der Waals surface area contributed by atoms with Gasteiger partial charge in [0.1, 0.15) is 5.69 Å². The fraction of sp³-hybridized carbons (Fsp3) is 0.379. The Bertz CT molecular complexity index is 1180. The van der Waals surface area contributed by atoms with Gasteiger partial charge in [0.15, 0.2) is 0 Å². The van der Waals surface area contributed by atoms with Crippen LogP contribution in [0.15, 0.2) is 67.1 Å². The summed E-state index contributed by atoms with van der Waals surface area (Å²) in [7, 11) is 0. The third-order valence-electron chi connectivity index (χ3n) is 7.58. The number of nitrogens with one attached hydrogen (secondary N) is 1. The summed E-state index contributed by atoms with van der Waals surface area (Å²) < 4.78 is 0. The Hall–Kier alpha value is -3.58. The molecule has 2 saturated heterocycles. The first-order valence-corrected chi connectivity index (χ1v) is 12.7. The van der Waals surface area contributed by atoms with Crippen LogP contribution in [-0.2, 0) is 0 Å². The number of hydrogen-bond donors (Lipinski definition) is 1. The molecule has 7 heteroatoms. The quantitative estimate of drug-likeness (QED) is 0.555. The van der Waals surface area contributed by atoms with Crippen molar-refractivity contribution in [3.05, 3.63) is 95.1 Å². The molecule has 0 spiro atoms. The molecule has 3 atom stereocenters. The zero-order chi connectivity index (χ0) is 25.1. The number of amides is 2. The second kappa shape index (κ2) is 10.6. The van der Waals surface area contributed by atoms with E-state index in [1.807, 2.05) is 50.2 Å². The topological polar surface area (TPSA) is 78.4 Å². The van der Waals surface area contributed by atoms with Crippen LogP contribution in [0.1, 0.15) is 50.0 Å². The van der Waals surface area contributed by atoms with Crippen molar-refractivity contribution in [1.29, 1.82) is 0 Å². The number of carbonyl (C=O) groups is 2. The van der Waals surface area contributed by atoms with Crippen molar-refractivity contribution in [3.63, 3.8) is 0 Å². The van der Waals surface area contributed by atoms with E-state index in [4.69, 9.17) is 0 Å². The second-order valence-corrected chi connectivity index (χ2v) is 10.1. The minimum atomic E-state index is -0.212. The van der Waals surface area contributed by atoms with Gasteiger partial charge in [0, 0.05) is 50.7 Å². The minimum Gasteiger partial charge on any atom is -0.344 e. The summed E-state index contributed by atoms with van der Waals surface area (Å²) in [5.74, 6) is 0.962. The van der Waals surface area contributed by atoms with Gasteiger partial charge in [0.25, 0.3) is 11.8 Å². The van der Waals surface area contributed by atoms with E-state index in [2.05, 4.69) is 37.2 Å². The first-order chi connectivity index (χ1) is 17.5. The third-order valence-corrected chi connectivity index (χ3v) is 7.58. The third kappa shape index (κ3) is 5.16. The lowest BCUT2D eigenvalue weighted by atomic mass is 10.0. The summed E-state index contributed by atoms with van der Waals surface area (Å²) >= 11 is 0. The molecule has 0 aliphatic carbocycles. The van der Waals surface area contributed by atoms with Gasteiger partial charge in [-0.2, -0.15) is 0 Å². The summed E-state index contributed by atoms with van der Waals surface area (Å²) in [4.78, 5) is 38.7. The summed E-state index contributed by atoms with van der Waals surface area (Å²) in [6, 6.07) is 16.0. The predicted molar refractivity (Wildman–Crippen MR) is 139 cm³/mol. The van der Waals surface area contributed by atoms with Gasteiger partial charge in [0.05, 0.1) is 12.2 Å². The van der Waals surface area contributed by atoms with Crippen molar-refractivity contribution in [1.82, 2.24) is 25.1 Å². The monoisotopic (exact) mass is 483 g/mol. The number of likely N-dealkylation sites (tertiary alicyclic amines) is 2. The molecule has 3 heterocycles. The molecule has 2 unspecified atom stereocenters. The molecule has 1 N–H and O–H groups in total. The number of fused-ring (bicyclic) bond motifs is 1. The first kappa shape index (κ1) is 24.1. The van der Waals surface area contributed by atoms with Crippen molar-refractivity contribution < 1.29 is 9.59 Å². The molecule has 0 saturated carbocycles. The maximum absolute atomic E-state index is 13.3. The predicted octanol–water partition coefficient (Wildman–Crippen LogP) is 3.66. The Balaban J connectivity index is 1.19. The van der Waals surface area contributed by atoms with Crippen LogP contribution in [0.4, 0.5) is 0 Å². The molecular formula is C29H33N5O2. The van der Waals surface area contributed by atoms with Gasteiger partial charge in [0.2, 0.25) is 0 Å². The SMILES string of the molecule is Cc1cccc(C)c1C(=O)N1CC2CN(CC[C@H](NC(=O)c3cnccn3)c3ccccc3)CC2C1. The first-order valence-electron chi connectivity index (χ1n) is 12.7. The highest BCUT2D eigenvalue weighted by molar-refractivity contribution is 5.97. The number of aryl methyl sites for hydroxylation is 2. The van der Waals surface area contributed by atoms with Crippen molar-refractivity contribution in [2.24, 2.45) is 11.8 Å². The van der Waals surface area contributed by atoms with Gasteiger partial charge in [-0.1, -0.05) is 48.5 Å². The molecule has 1 aromatic heterocycles. The Morgan fingerprint density at radius 2 is 1.64 bits per heavy atom. The van der Waals surface area contributed by atoms with E-state index < -0.39 is 0 Å². The molecule has 36 heavy (non-hydrogen) atoms. The van der Waals surface area contributed by atoms with E-state index in [1.165, 1.54) is 12.4 Å². The van der Waals surface area contributed by atoms with Crippen LogP contribution in [0.2, 0.25) is 0 Å². The highest BCUT2D eigenvalue weighted by Crippen LogP contribution is 2.33. The summed E-state index contributed by atoms with van der Waals surface area (Å²) in [6.45, 7) is 8.54. The molecular weight excluding hydrogens is 450 g/mol. The number of aromatic nitrogens is 2. The van der Waals surface area contributed by atoms with E-state index in [-0.39, 0.29) is 17.9 Å². The van der Waals surface area contributed by atoms with E-state index in [1.54, 1.807) is 6.20 Å². The Morgan fingerprint density at radius 1 is 0.944 bits per heavy atom. The minimum absolute atomic E-state index is 0.108. The highest BCUT2D eigenvalue weighted by Gasteiger charge is 2.42. The zero-order valence-electron chi connectivity index (χ0n) is 20.9. The summed E-state index contributed by atoms with van der Waals surface area (Å²) in [6.07, 6.45) is 5.39. The van der Waals surface area contributed by atoms with Crippen molar-refractivity contribution in [2.75, 3.05) is 32.7 Å². The van der Waals surface area contributed by atoms with Crippen LogP contribution in [0.25, 0.3) is 0 Å². The van der Waals surface area contributed by atoms with Crippen molar-refractivity contribution in [2.45, 2.75) is 26.3 Å². The molecule has 2 amide bonds. The molecule has 3 aromatic rings. The number of hydrogen-bond acceptors (Lipinski definition) is 5. The van der Waals surface area contributed by atoms with E-state index in [0.717, 1.165) is 61.4 Å². The molecule has 0 radical (unpaired) electrons. The average molecular weight is 484 g/mol. The molecule has 0 bridgehead atoms. The van der Waals surface area contributed by atoms with Crippen LogP contribution in [0.3, 0.4) is 0 Å². The molecule has 7 nitrogen and oxygen atoms in total. The van der Waals surface area contributed by atoms with Gasteiger partial charge in [-0.25, -0.2) is 4.98 Å². The fourth-order valence-corrected chi connectivity index (χ4v) is 5.72. The number of rotatable bonds is 7. The van der Waals surface area contributed by atoms with Gasteiger partial charge in [-0.3, -0.25) is 14.6 Å². The van der Waals surface area contributed by atoms with Crippen LogP contribution in [-0.4, -0.2) is 64.3 Å². The lowest BCUT2D eigenvalue weighted by Gasteiger charge is -2.25. The molecule has 5 rings (SSSR count). The maximum atomic E-state index is 13.3. The van der Waals surface area contributed by atoms with Gasteiger partial charge < -0.3 is 15.1 Å². The Kier molecular flexibility index (Phi) is 7.09. The summed E-state index contributed by atoms with van der Waals surface area (Å²) in [5, 5.41) is 3.15. The van der Waals surface area contributed by atoms with Crippen LogP contribution < -0.4 is 5.32 Å². The second-order valence-electron chi connectivity index (χ2n) is 10.1. The zero-order valence-corrected chi connectivity index (χ0v) is 20.9. The Morgan fingerprint density at radius 3 is 2.28 bits per heavy atom. The lowest BCUT2D eigenvalue weighted by Crippen LogP contribution is -2.35. The van der Waals surface area contributed by atoms with Crippen LogP contribution in [0.5, 0.6) is 0 Å². The van der Waals surface area contributed by atoms with Gasteiger partial charge in [-0.05, 0) is 48.8 Å².